The highest BCUT2D eigenvalue weighted by atomic mass is 32.2. The molecule has 8 nitrogen and oxygen atoms in total. The Labute approximate surface area is 200 Å². The molecule has 0 atom stereocenters. The van der Waals surface area contributed by atoms with Crippen LogP contribution in [-0.4, -0.2) is 35.1 Å². The van der Waals surface area contributed by atoms with Gasteiger partial charge in [0.25, 0.3) is 5.91 Å². The van der Waals surface area contributed by atoms with Gasteiger partial charge in [0.1, 0.15) is 5.52 Å². The number of aromatic nitrogens is 3. The number of fused-ring (bicyclic) bond motifs is 3. The van der Waals surface area contributed by atoms with Gasteiger partial charge in [0, 0.05) is 30.3 Å². The van der Waals surface area contributed by atoms with Crippen LogP contribution in [0.1, 0.15) is 15.9 Å². The van der Waals surface area contributed by atoms with Gasteiger partial charge in [0.2, 0.25) is 0 Å². The van der Waals surface area contributed by atoms with Crippen LogP contribution in [0.4, 0.5) is 5.82 Å². The van der Waals surface area contributed by atoms with Crippen LogP contribution in [0, 0.1) is 0 Å². The van der Waals surface area contributed by atoms with Crippen molar-refractivity contribution in [1.82, 2.24) is 19.9 Å². The number of nitrogen functional groups attached to an aromatic ring is 1. The van der Waals surface area contributed by atoms with Crippen LogP contribution in [0.15, 0.2) is 65.8 Å². The molecule has 34 heavy (non-hydrogen) atoms. The molecule has 172 valence electrons. The smallest absolute Gasteiger partial charge is 0.251 e. The average molecular weight is 492 g/mol. The highest BCUT2D eigenvalue weighted by Crippen LogP contribution is 2.38. The highest BCUT2D eigenvalue weighted by Gasteiger charge is 2.15. The van der Waals surface area contributed by atoms with E-state index in [9.17, 15) is 13.2 Å². The maximum absolute atomic E-state index is 12.6. The Morgan fingerprint density at radius 3 is 2.74 bits per heavy atom. The number of hydrogen-bond donors (Lipinski definition) is 2. The van der Waals surface area contributed by atoms with E-state index in [4.69, 9.17) is 5.73 Å². The number of nitrogens with zero attached hydrogens (tertiary/aromatic N) is 3. The van der Waals surface area contributed by atoms with Crippen molar-refractivity contribution >= 4 is 54.1 Å². The molecule has 5 aromatic rings. The van der Waals surface area contributed by atoms with E-state index in [-0.39, 0.29) is 10.8 Å². The van der Waals surface area contributed by atoms with Gasteiger partial charge in [-0.2, -0.15) is 0 Å². The van der Waals surface area contributed by atoms with Crippen molar-refractivity contribution in [1.29, 1.82) is 0 Å². The van der Waals surface area contributed by atoms with E-state index in [2.05, 4.69) is 15.3 Å². The number of rotatable bonds is 5. The first kappa shape index (κ1) is 22.1. The molecule has 1 amide bonds. The summed E-state index contributed by atoms with van der Waals surface area (Å²) in [6.07, 6.45) is 2.85. The SMILES string of the molecule is Cn1cnc2c(N)nc3cc(-c4cccc(CNC(=O)c5cccc(S(C)(=O)=O)c5)c4)sc3c21. The number of carbonyl (C=O) groups excluding carboxylic acids is 1. The van der Waals surface area contributed by atoms with E-state index in [1.807, 2.05) is 41.9 Å². The number of nitrogens with one attached hydrogen (secondary N) is 1. The Balaban J connectivity index is 1.40. The number of hydrogen-bond acceptors (Lipinski definition) is 7. The average Bonchev–Trinajstić information content (AvgIpc) is 3.41. The lowest BCUT2D eigenvalue weighted by Crippen LogP contribution is -2.23. The number of carbonyl (C=O) groups is 1. The standard InChI is InChI=1S/C24H21N5O3S2/c1-29-13-27-20-21(29)22-18(28-23(20)25)11-19(33-22)15-6-3-5-14(9-15)12-26-24(30)16-7-4-8-17(10-16)34(2,31)32/h3-11,13H,12H2,1-2H3,(H2,25,28)(H,26,30). The maximum Gasteiger partial charge on any atom is 0.251 e. The highest BCUT2D eigenvalue weighted by molar-refractivity contribution is 7.90. The number of nitrogens with two attached hydrogens (primary N) is 1. The van der Waals surface area contributed by atoms with E-state index in [0.717, 1.165) is 38.0 Å². The summed E-state index contributed by atoms with van der Waals surface area (Å²) in [5, 5.41) is 2.86. The van der Waals surface area contributed by atoms with Crippen LogP contribution < -0.4 is 11.1 Å². The third kappa shape index (κ3) is 4.02. The van der Waals surface area contributed by atoms with Gasteiger partial charge in [-0.15, -0.1) is 11.3 Å². The van der Waals surface area contributed by atoms with Crippen LogP contribution in [0.3, 0.4) is 0 Å². The molecular weight excluding hydrogens is 470 g/mol. The second-order valence-electron chi connectivity index (χ2n) is 8.06. The molecule has 0 aliphatic rings. The van der Waals surface area contributed by atoms with E-state index in [1.165, 1.54) is 12.1 Å². The molecule has 5 rings (SSSR count). The van der Waals surface area contributed by atoms with Crippen LogP contribution in [0.25, 0.3) is 31.7 Å². The fourth-order valence-electron chi connectivity index (χ4n) is 3.83. The largest absolute Gasteiger partial charge is 0.382 e. The zero-order chi connectivity index (χ0) is 24.0. The number of amides is 1. The summed E-state index contributed by atoms with van der Waals surface area (Å²) in [6.45, 7) is 0.303. The van der Waals surface area contributed by atoms with Crippen molar-refractivity contribution in [3.8, 4) is 10.4 Å². The minimum atomic E-state index is -3.39. The van der Waals surface area contributed by atoms with Gasteiger partial charge in [-0.25, -0.2) is 18.4 Å². The number of benzene rings is 2. The van der Waals surface area contributed by atoms with Gasteiger partial charge in [0.05, 0.1) is 27.0 Å². The number of sulfone groups is 1. The predicted octanol–water partition coefficient (Wildman–Crippen LogP) is 3.77. The maximum atomic E-state index is 12.6. The van der Waals surface area contributed by atoms with E-state index in [0.29, 0.717) is 23.4 Å². The van der Waals surface area contributed by atoms with E-state index >= 15 is 0 Å². The fraction of sp³-hybridized carbons (Fsp3) is 0.125. The van der Waals surface area contributed by atoms with Crippen LogP contribution in [-0.2, 0) is 23.4 Å². The summed E-state index contributed by atoms with van der Waals surface area (Å²) in [6, 6.07) is 15.9. The minimum absolute atomic E-state index is 0.115. The predicted molar refractivity (Wildman–Crippen MR) is 134 cm³/mol. The van der Waals surface area contributed by atoms with Crippen LogP contribution in [0.5, 0.6) is 0 Å². The third-order valence-electron chi connectivity index (χ3n) is 5.54. The second-order valence-corrected chi connectivity index (χ2v) is 11.1. The van der Waals surface area contributed by atoms with Crippen LogP contribution in [0.2, 0.25) is 0 Å². The summed E-state index contributed by atoms with van der Waals surface area (Å²) in [5.41, 5.74) is 10.8. The van der Waals surface area contributed by atoms with Gasteiger partial charge >= 0.3 is 0 Å². The van der Waals surface area contributed by atoms with Gasteiger partial charge in [-0.05, 0) is 41.5 Å². The summed E-state index contributed by atoms with van der Waals surface area (Å²) in [5.74, 6) is 0.0693. The van der Waals surface area contributed by atoms with E-state index < -0.39 is 9.84 Å². The Hall–Kier alpha value is -3.76. The Kier molecular flexibility index (Phi) is 5.34. The Bertz CT molecular complexity index is 1690. The van der Waals surface area contributed by atoms with Crippen molar-refractivity contribution in [2.45, 2.75) is 11.4 Å². The van der Waals surface area contributed by atoms with Crippen molar-refractivity contribution < 1.29 is 13.2 Å². The first-order chi connectivity index (χ1) is 16.2. The van der Waals surface area contributed by atoms with Gasteiger partial charge in [0.15, 0.2) is 15.7 Å². The normalized spacial score (nSPS) is 11.8. The Morgan fingerprint density at radius 1 is 1.15 bits per heavy atom. The molecule has 0 saturated carbocycles. The topological polar surface area (TPSA) is 120 Å². The molecule has 0 spiro atoms. The lowest BCUT2D eigenvalue weighted by Gasteiger charge is -2.08. The van der Waals surface area contributed by atoms with Crippen LogP contribution >= 0.6 is 11.3 Å². The number of aryl methyl sites for hydroxylation is 1. The molecule has 0 fully saturated rings. The van der Waals surface area contributed by atoms with Crippen molar-refractivity contribution in [3.05, 3.63) is 72.1 Å². The molecule has 3 aromatic heterocycles. The molecule has 10 heteroatoms. The number of thiophene rings is 1. The molecule has 0 radical (unpaired) electrons. The molecule has 0 aliphatic carbocycles. The minimum Gasteiger partial charge on any atom is -0.382 e. The zero-order valence-corrected chi connectivity index (χ0v) is 20.1. The van der Waals surface area contributed by atoms with E-state index in [1.54, 1.807) is 29.8 Å². The lowest BCUT2D eigenvalue weighted by atomic mass is 10.1. The third-order valence-corrected chi connectivity index (χ3v) is 7.83. The van der Waals surface area contributed by atoms with Crippen molar-refractivity contribution in [2.24, 2.45) is 7.05 Å². The van der Waals surface area contributed by atoms with Crippen molar-refractivity contribution in [3.63, 3.8) is 0 Å². The number of anilines is 1. The molecule has 3 heterocycles. The second kappa shape index (κ2) is 8.23. The molecule has 0 saturated heterocycles. The molecule has 0 unspecified atom stereocenters. The van der Waals surface area contributed by atoms with Gasteiger partial charge < -0.3 is 15.6 Å². The Morgan fingerprint density at radius 2 is 1.94 bits per heavy atom. The first-order valence-corrected chi connectivity index (χ1v) is 13.1. The summed E-state index contributed by atoms with van der Waals surface area (Å²) < 4.78 is 26.5. The monoisotopic (exact) mass is 491 g/mol. The lowest BCUT2D eigenvalue weighted by molar-refractivity contribution is 0.0950. The van der Waals surface area contributed by atoms with Crippen molar-refractivity contribution in [2.75, 3.05) is 12.0 Å². The van der Waals surface area contributed by atoms with Gasteiger partial charge in [-0.3, -0.25) is 4.79 Å². The molecule has 0 aliphatic heterocycles. The van der Waals surface area contributed by atoms with Gasteiger partial charge in [-0.1, -0.05) is 24.3 Å². The molecular formula is C24H21N5O3S2. The quantitative estimate of drug-likeness (QED) is 0.386. The fourth-order valence-corrected chi connectivity index (χ4v) is 5.68. The molecule has 0 bridgehead atoms. The summed E-state index contributed by atoms with van der Waals surface area (Å²) >= 11 is 1.62. The summed E-state index contributed by atoms with van der Waals surface area (Å²) in [4.78, 5) is 22.6. The number of pyridine rings is 1. The summed E-state index contributed by atoms with van der Waals surface area (Å²) in [7, 11) is -1.45. The zero-order valence-electron chi connectivity index (χ0n) is 18.4. The first-order valence-electron chi connectivity index (χ1n) is 10.4. The molecule has 3 N–H and O–H groups in total. The molecule has 2 aromatic carbocycles. The number of imidazole rings is 1.